The maximum atomic E-state index is 11.8. The lowest BCUT2D eigenvalue weighted by Crippen LogP contribution is -2.16. The first-order valence-electron chi connectivity index (χ1n) is 7.55. The maximum Gasteiger partial charge on any atom is 0.417 e. The van der Waals surface area contributed by atoms with E-state index in [0.29, 0.717) is 18.0 Å². The molecule has 0 atom stereocenters. The number of ether oxygens (including phenoxy) is 1. The van der Waals surface area contributed by atoms with Gasteiger partial charge in [0, 0.05) is 12.1 Å². The first-order valence-corrected chi connectivity index (χ1v) is 7.55. The first-order chi connectivity index (χ1) is 11.8. The second kappa shape index (κ2) is 7.82. The van der Waals surface area contributed by atoms with Gasteiger partial charge in [0.25, 0.3) is 0 Å². The quantitative estimate of drug-likeness (QED) is 0.757. The van der Waals surface area contributed by atoms with Crippen molar-refractivity contribution in [2.45, 2.75) is 6.42 Å². The Hall–Kier alpha value is -3.28. The molecule has 1 heterocycles. The second-order valence-corrected chi connectivity index (χ2v) is 5.02. The third-order valence-corrected chi connectivity index (χ3v) is 3.25. The van der Waals surface area contributed by atoms with Crippen LogP contribution in [0.3, 0.4) is 0 Å². The lowest BCUT2D eigenvalue weighted by Gasteiger charge is -2.08. The van der Waals surface area contributed by atoms with Gasteiger partial charge in [0.15, 0.2) is 0 Å². The smallest absolute Gasteiger partial charge is 0.410 e. The van der Waals surface area contributed by atoms with Crippen LogP contribution in [0, 0.1) is 0 Å². The third-order valence-electron chi connectivity index (χ3n) is 3.25. The minimum absolute atomic E-state index is 0.486. The molecule has 0 aliphatic rings. The van der Waals surface area contributed by atoms with Gasteiger partial charge in [0.2, 0.25) is 0 Å². The van der Waals surface area contributed by atoms with Crippen LogP contribution in [-0.2, 0) is 6.42 Å². The van der Waals surface area contributed by atoms with Crippen LogP contribution in [0.2, 0.25) is 0 Å². The molecule has 1 N–H and O–H groups in total. The van der Waals surface area contributed by atoms with Gasteiger partial charge in [0.05, 0.1) is 12.4 Å². The topological polar surface area (TPSA) is 65.4 Å². The number of hydrogen-bond donors (Lipinski definition) is 1. The fourth-order valence-electron chi connectivity index (χ4n) is 2.08. The van der Waals surface area contributed by atoms with Crippen molar-refractivity contribution in [1.29, 1.82) is 0 Å². The molecule has 122 valence electrons. The van der Waals surface area contributed by atoms with E-state index in [9.17, 15) is 4.79 Å². The standard InChI is InChI=1S/C18H17N3O3/c22-18(20-16-5-2-1-3-6-16)24-17-9-7-15(8-10-17)11-14-23-21-13-4-12-19-21/h1-10,12-13H,11,14H2,(H,20,22). The number of rotatable bonds is 6. The van der Waals surface area contributed by atoms with Crippen LogP contribution in [0.25, 0.3) is 0 Å². The molecule has 0 saturated heterocycles. The number of carbonyl (C=O) groups is 1. The van der Waals surface area contributed by atoms with Gasteiger partial charge in [0.1, 0.15) is 12.4 Å². The summed E-state index contributed by atoms with van der Waals surface area (Å²) in [5.41, 5.74) is 1.77. The van der Waals surface area contributed by atoms with Gasteiger partial charge in [-0.3, -0.25) is 5.32 Å². The van der Waals surface area contributed by atoms with Crippen molar-refractivity contribution < 1.29 is 14.4 Å². The molecule has 0 aliphatic carbocycles. The van der Waals surface area contributed by atoms with E-state index < -0.39 is 6.09 Å². The number of nitrogens with one attached hydrogen (secondary N) is 1. The summed E-state index contributed by atoms with van der Waals surface area (Å²) in [5.74, 6) is 0.486. The average molecular weight is 323 g/mol. The monoisotopic (exact) mass is 323 g/mol. The van der Waals surface area contributed by atoms with Gasteiger partial charge in [-0.1, -0.05) is 30.3 Å². The van der Waals surface area contributed by atoms with Crippen LogP contribution in [0.5, 0.6) is 5.75 Å². The van der Waals surface area contributed by atoms with Gasteiger partial charge < -0.3 is 9.57 Å². The van der Waals surface area contributed by atoms with E-state index in [-0.39, 0.29) is 0 Å². The minimum Gasteiger partial charge on any atom is -0.410 e. The molecule has 6 nitrogen and oxygen atoms in total. The van der Waals surface area contributed by atoms with Gasteiger partial charge in [-0.15, -0.1) is 9.94 Å². The summed E-state index contributed by atoms with van der Waals surface area (Å²) in [6.07, 6.45) is 3.61. The first kappa shape index (κ1) is 15.6. The molecule has 3 rings (SSSR count). The Morgan fingerprint density at radius 3 is 2.54 bits per heavy atom. The van der Waals surface area contributed by atoms with E-state index in [0.717, 1.165) is 12.0 Å². The number of anilines is 1. The van der Waals surface area contributed by atoms with Crippen LogP contribution in [-0.4, -0.2) is 22.6 Å². The Bertz CT molecular complexity index is 756. The summed E-state index contributed by atoms with van der Waals surface area (Å²) in [4.78, 5) is 18.7. The summed E-state index contributed by atoms with van der Waals surface area (Å²) >= 11 is 0. The largest absolute Gasteiger partial charge is 0.417 e. The molecule has 2 aromatic carbocycles. The summed E-state index contributed by atoms with van der Waals surface area (Å²) < 4.78 is 5.24. The Morgan fingerprint density at radius 2 is 1.83 bits per heavy atom. The van der Waals surface area contributed by atoms with Gasteiger partial charge in [-0.25, -0.2) is 4.79 Å². The van der Waals surface area contributed by atoms with Crippen molar-refractivity contribution >= 4 is 11.8 Å². The van der Waals surface area contributed by atoms with Crippen LogP contribution in [0.15, 0.2) is 73.1 Å². The van der Waals surface area contributed by atoms with Crippen LogP contribution in [0.1, 0.15) is 5.56 Å². The third kappa shape index (κ3) is 4.61. The molecule has 0 bridgehead atoms. The van der Waals surface area contributed by atoms with E-state index in [4.69, 9.17) is 9.57 Å². The molecular formula is C18H17N3O3. The van der Waals surface area contributed by atoms with Gasteiger partial charge in [-0.05, 0) is 35.9 Å². The highest BCUT2D eigenvalue weighted by molar-refractivity contribution is 5.86. The Balaban J connectivity index is 1.46. The Morgan fingerprint density at radius 1 is 1.04 bits per heavy atom. The molecule has 24 heavy (non-hydrogen) atoms. The molecule has 1 aromatic heterocycles. The lowest BCUT2D eigenvalue weighted by atomic mass is 10.1. The zero-order chi connectivity index (χ0) is 16.6. The number of para-hydroxylation sites is 1. The Kier molecular flexibility index (Phi) is 5.09. The second-order valence-electron chi connectivity index (χ2n) is 5.02. The molecule has 1 amide bonds. The normalized spacial score (nSPS) is 10.2. The van der Waals surface area contributed by atoms with Crippen molar-refractivity contribution in [2.75, 3.05) is 11.9 Å². The number of hydrogen-bond acceptors (Lipinski definition) is 4. The molecule has 0 spiro atoms. The highest BCUT2D eigenvalue weighted by atomic mass is 16.7. The number of amides is 1. The predicted octanol–water partition coefficient (Wildman–Crippen LogP) is 3.17. The fraction of sp³-hybridized carbons (Fsp3) is 0.111. The predicted molar refractivity (Wildman–Crippen MR) is 89.9 cm³/mol. The van der Waals surface area contributed by atoms with Crippen molar-refractivity contribution in [3.05, 3.63) is 78.6 Å². The van der Waals surface area contributed by atoms with E-state index in [2.05, 4.69) is 10.4 Å². The number of carbonyl (C=O) groups excluding carboxylic acids is 1. The van der Waals surface area contributed by atoms with Gasteiger partial charge in [-0.2, -0.15) is 0 Å². The van der Waals surface area contributed by atoms with Crippen LogP contribution < -0.4 is 14.9 Å². The van der Waals surface area contributed by atoms with Crippen LogP contribution in [0.4, 0.5) is 10.5 Å². The average Bonchev–Trinajstić information content (AvgIpc) is 3.11. The highest BCUT2D eigenvalue weighted by Crippen LogP contribution is 2.14. The van der Waals surface area contributed by atoms with Crippen LogP contribution >= 0.6 is 0 Å². The van der Waals surface area contributed by atoms with Crippen molar-refractivity contribution in [3.63, 3.8) is 0 Å². The summed E-state index contributed by atoms with van der Waals surface area (Å²) in [6, 6.07) is 18.3. The van der Waals surface area contributed by atoms with Crippen molar-refractivity contribution in [1.82, 2.24) is 9.94 Å². The SMILES string of the molecule is O=C(Nc1ccccc1)Oc1ccc(CCOn2cccn2)cc1. The molecular weight excluding hydrogens is 306 g/mol. The summed E-state index contributed by atoms with van der Waals surface area (Å²) in [5, 5.41) is 6.62. The van der Waals surface area contributed by atoms with E-state index in [1.54, 1.807) is 42.7 Å². The fourth-order valence-corrected chi connectivity index (χ4v) is 2.08. The molecule has 0 aliphatic heterocycles. The molecule has 3 aromatic rings. The summed E-state index contributed by atoms with van der Waals surface area (Å²) in [6.45, 7) is 0.510. The zero-order valence-corrected chi connectivity index (χ0v) is 13.0. The lowest BCUT2D eigenvalue weighted by molar-refractivity contribution is 0.0847. The van der Waals surface area contributed by atoms with Crippen molar-refractivity contribution in [3.8, 4) is 5.75 Å². The highest BCUT2D eigenvalue weighted by Gasteiger charge is 2.05. The number of aromatic nitrogens is 2. The van der Waals surface area contributed by atoms with E-state index in [1.807, 2.05) is 30.3 Å². The molecule has 0 radical (unpaired) electrons. The molecule has 0 saturated carbocycles. The van der Waals surface area contributed by atoms with Crippen molar-refractivity contribution in [2.24, 2.45) is 0 Å². The molecule has 6 heteroatoms. The number of benzene rings is 2. The van der Waals surface area contributed by atoms with E-state index in [1.165, 1.54) is 4.85 Å². The van der Waals surface area contributed by atoms with Gasteiger partial charge >= 0.3 is 6.09 Å². The minimum atomic E-state index is -0.518. The zero-order valence-electron chi connectivity index (χ0n) is 13.0. The maximum absolute atomic E-state index is 11.8. The number of nitrogens with zero attached hydrogens (tertiary/aromatic N) is 2. The Labute approximate surface area is 139 Å². The molecule has 0 unspecified atom stereocenters. The van der Waals surface area contributed by atoms with E-state index >= 15 is 0 Å². The summed E-state index contributed by atoms with van der Waals surface area (Å²) in [7, 11) is 0. The molecule has 0 fully saturated rings.